The third-order valence-electron chi connectivity index (χ3n) is 4.71. The quantitative estimate of drug-likeness (QED) is 0.780. The zero-order valence-electron chi connectivity index (χ0n) is 13.8. The summed E-state index contributed by atoms with van der Waals surface area (Å²) in [6, 6.07) is 8.17. The number of halogens is 1. The van der Waals surface area contributed by atoms with Gasteiger partial charge in [-0.1, -0.05) is 31.5 Å². The third-order valence-corrected chi connectivity index (χ3v) is 5.01. The standard InChI is InChI=1S/C18H29ClN2/c1-5-11-20-14(4)15-8-10-18(17(19)12-15)21-13(3)7-9-16(21)6-2/h8,10,12-14,16,20H,5-7,9,11H2,1-4H3. The first-order chi connectivity index (χ1) is 10.1. The highest BCUT2D eigenvalue weighted by atomic mass is 35.5. The first kappa shape index (κ1) is 16.6. The van der Waals surface area contributed by atoms with Gasteiger partial charge in [-0.05, 0) is 63.8 Å². The van der Waals surface area contributed by atoms with Crippen molar-refractivity contribution in [2.24, 2.45) is 0 Å². The Balaban J connectivity index is 2.19. The lowest BCUT2D eigenvalue weighted by Gasteiger charge is -2.31. The van der Waals surface area contributed by atoms with Crippen LogP contribution in [0.4, 0.5) is 5.69 Å². The summed E-state index contributed by atoms with van der Waals surface area (Å²) < 4.78 is 0. The van der Waals surface area contributed by atoms with Gasteiger partial charge in [-0.3, -0.25) is 0 Å². The van der Waals surface area contributed by atoms with Crippen molar-refractivity contribution in [1.82, 2.24) is 5.32 Å². The van der Waals surface area contributed by atoms with Gasteiger partial charge in [0, 0.05) is 18.1 Å². The highest BCUT2D eigenvalue weighted by molar-refractivity contribution is 6.33. The summed E-state index contributed by atoms with van der Waals surface area (Å²) in [6.45, 7) is 10.0. The molecule has 3 atom stereocenters. The monoisotopic (exact) mass is 308 g/mol. The Bertz CT molecular complexity index is 461. The Labute approximate surface area is 134 Å². The van der Waals surface area contributed by atoms with Crippen LogP contribution in [0.2, 0.25) is 5.02 Å². The molecule has 1 heterocycles. The largest absolute Gasteiger partial charge is 0.365 e. The first-order valence-corrected chi connectivity index (χ1v) is 8.77. The van der Waals surface area contributed by atoms with E-state index in [0.29, 0.717) is 18.1 Å². The second-order valence-electron chi connectivity index (χ2n) is 6.28. The van der Waals surface area contributed by atoms with Crippen LogP contribution in [0.1, 0.15) is 65.0 Å². The summed E-state index contributed by atoms with van der Waals surface area (Å²) in [4.78, 5) is 2.52. The summed E-state index contributed by atoms with van der Waals surface area (Å²) in [5.41, 5.74) is 2.48. The van der Waals surface area contributed by atoms with E-state index in [1.807, 2.05) is 0 Å². The summed E-state index contributed by atoms with van der Waals surface area (Å²) in [5, 5.41) is 4.41. The maximum absolute atomic E-state index is 6.61. The number of nitrogens with zero attached hydrogens (tertiary/aromatic N) is 1. The van der Waals surface area contributed by atoms with Gasteiger partial charge in [0.2, 0.25) is 0 Å². The molecule has 21 heavy (non-hydrogen) atoms. The molecule has 0 spiro atoms. The summed E-state index contributed by atoms with van der Waals surface area (Å²) in [6.07, 6.45) is 4.89. The van der Waals surface area contributed by atoms with Crippen molar-refractivity contribution >= 4 is 17.3 Å². The number of rotatable bonds is 6. The zero-order chi connectivity index (χ0) is 15.4. The van der Waals surface area contributed by atoms with Crippen LogP contribution in [-0.4, -0.2) is 18.6 Å². The highest BCUT2D eigenvalue weighted by Gasteiger charge is 2.30. The Kier molecular flexibility index (Phi) is 5.95. The molecule has 0 amide bonds. The second-order valence-corrected chi connectivity index (χ2v) is 6.69. The van der Waals surface area contributed by atoms with Crippen molar-refractivity contribution in [2.75, 3.05) is 11.4 Å². The van der Waals surface area contributed by atoms with Crippen LogP contribution in [0, 0.1) is 0 Å². The van der Waals surface area contributed by atoms with Gasteiger partial charge in [0.05, 0.1) is 10.7 Å². The molecule has 1 aliphatic heterocycles. The van der Waals surface area contributed by atoms with Crippen LogP contribution in [0.5, 0.6) is 0 Å². The topological polar surface area (TPSA) is 15.3 Å². The molecule has 118 valence electrons. The van der Waals surface area contributed by atoms with Crippen molar-refractivity contribution in [3.8, 4) is 0 Å². The molecule has 0 aromatic heterocycles. The molecule has 3 unspecified atom stereocenters. The molecule has 0 saturated carbocycles. The van der Waals surface area contributed by atoms with Gasteiger partial charge in [0.1, 0.15) is 0 Å². The summed E-state index contributed by atoms with van der Waals surface area (Å²) in [5.74, 6) is 0. The minimum atomic E-state index is 0.356. The van der Waals surface area contributed by atoms with Crippen molar-refractivity contribution < 1.29 is 0 Å². The summed E-state index contributed by atoms with van der Waals surface area (Å²) in [7, 11) is 0. The maximum Gasteiger partial charge on any atom is 0.0643 e. The molecule has 3 heteroatoms. The molecule has 0 radical (unpaired) electrons. The number of nitrogens with one attached hydrogen (secondary N) is 1. The number of hydrogen-bond acceptors (Lipinski definition) is 2. The molecule has 0 bridgehead atoms. The predicted octanol–water partition coefficient (Wildman–Crippen LogP) is 5.17. The average molecular weight is 309 g/mol. The molecule has 1 saturated heterocycles. The maximum atomic E-state index is 6.61. The normalized spacial score (nSPS) is 23.6. The average Bonchev–Trinajstić information content (AvgIpc) is 2.85. The van der Waals surface area contributed by atoms with E-state index in [2.05, 4.69) is 56.1 Å². The van der Waals surface area contributed by atoms with E-state index >= 15 is 0 Å². The van der Waals surface area contributed by atoms with Gasteiger partial charge in [-0.15, -0.1) is 0 Å². The van der Waals surface area contributed by atoms with E-state index in [1.165, 1.54) is 30.5 Å². The lowest BCUT2D eigenvalue weighted by atomic mass is 10.1. The van der Waals surface area contributed by atoms with Crippen LogP contribution in [-0.2, 0) is 0 Å². The Morgan fingerprint density at radius 1 is 1.33 bits per heavy atom. The van der Waals surface area contributed by atoms with Crippen LogP contribution >= 0.6 is 11.6 Å². The van der Waals surface area contributed by atoms with Gasteiger partial charge < -0.3 is 10.2 Å². The molecular weight excluding hydrogens is 280 g/mol. The van der Waals surface area contributed by atoms with Crippen LogP contribution in [0.3, 0.4) is 0 Å². The fraction of sp³-hybridized carbons (Fsp3) is 0.667. The molecule has 2 rings (SSSR count). The van der Waals surface area contributed by atoms with Crippen LogP contribution in [0.15, 0.2) is 18.2 Å². The molecule has 0 aliphatic carbocycles. The fourth-order valence-electron chi connectivity index (χ4n) is 3.39. The van der Waals surface area contributed by atoms with Gasteiger partial charge in [-0.2, -0.15) is 0 Å². The molecule has 1 aromatic rings. The zero-order valence-corrected chi connectivity index (χ0v) is 14.6. The minimum Gasteiger partial charge on any atom is -0.365 e. The predicted molar refractivity (Wildman–Crippen MR) is 93.4 cm³/mol. The van der Waals surface area contributed by atoms with E-state index in [4.69, 9.17) is 11.6 Å². The van der Waals surface area contributed by atoms with E-state index in [0.717, 1.165) is 18.0 Å². The Morgan fingerprint density at radius 3 is 2.71 bits per heavy atom. The molecule has 1 fully saturated rings. The van der Waals surface area contributed by atoms with E-state index in [-0.39, 0.29) is 0 Å². The molecule has 1 N–H and O–H groups in total. The van der Waals surface area contributed by atoms with Crippen LogP contribution < -0.4 is 10.2 Å². The van der Waals surface area contributed by atoms with Crippen molar-refractivity contribution in [2.45, 2.75) is 71.5 Å². The van der Waals surface area contributed by atoms with Gasteiger partial charge >= 0.3 is 0 Å². The molecule has 1 aromatic carbocycles. The van der Waals surface area contributed by atoms with Crippen LogP contribution in [0.25, 0.3) is 0 Å². The van der Waals surface area contributed by atoms with Gasteiger partial charge in [0.25, 0.3) is 0 Å². The minimum absolute atomic E-state index is 0.356. The summed E-state index contributed by atoms with van der Waals surface area (Å²) >= 11 is 6.61. The van der Waals surface area contributed by atoms with E-state index in [1.54, 1.807) is 0 Å². The highest BCUT2D eigenvalue weighted by Crippen LogP contribution is 2.37. The first-order valence-electron chi connectivity index (χ1n) is 8.39. The Morgan fingerprint density at radius 2 is 2.10 bits per heavy atom. The van der Waals surface area contributed by atoms with E-state index in [9.17, 15) is 0 Å². The molecule has 1 aliphatic rings. The van der Waals surface area contributed by atoms with Gasteiger partial charge in [0.15, 0.2) is 0 Å². The number of hydrogen-bond donors (Lipinski definition) is 1. The molecular formula is C18H29ClN2. The number of benzene rings is 1. The number of anilines is 1. The van der Waals surface area contributed by atoms with Crippen molar-refractivity contribution in [3.63, 3.8) is 0 Å². The smallest absolute Gasteiger partial charge is 0.0643 e. The second kappa shape index (κ2) is 7.51. The molecule has 2 nitrogen and oxygen atoms in total. The van der Waals surface area contributed by atoms with Gasteiger partial charge in [-0.25, -0.2) is 0 Å². The fourth-order valence-corrected chi connectivity index (χ4v) is 3.67. The lowest BCUT2D eigenvalue weighted by molar-refractivity contribution is 0.570. The van der Waals surface area contributed by atoms with Crippen molar-refractivity contribution in [1.29, 1.82) is 0 Å². The lowest BCUT2D eigenvalue weighted by Crippen LogP contribution is -2.34. The SMILES string of the molecule is CCCNC(C)c1ccc(N2C(C)CCC2CC)c(Cl)c1. The van der Waals surface area contributed by atoms with Crippen molar-refractivity contribution in [3.05, 3.63) is 28.8 Å². The van der Waals surface area contributed by atoms with E-state index < -0.39 is 0 Å². The Hall–Kier alpha value is -0.730. The third kappa shape index (κ3) is 3.73.